The van der Waals surface area contributed by atoms with E-state index in [0.717, 1.165) is 18.8 Å². The molecule has 0 unspecified atom stereocenters. The number of anilines is 1. The second-order valence-electron chi connectivity index (χ2n) is 4.33. The Bertz CT molecular complexity index is 346. The van der Waals surface area contributed by atoms with Crippen molar-refractivity contribution in [3.05, 3.63) is 29.6 Å². The number of benzene rings is 1. The molecule has 0 aromatic heterocycles. The van der Waals surface area contributed by atoms with Crippen molar-refractivity contribution in [1.29, 1.82) is 0 Å². The summed E-state index contributed by atoms with van der Waals surface area (Å²) in [4.78, 5) is 2.26. The molecule has 0 aliphatic carbocycles. The Morgan fingerprint density at radius 1 is 1.12 bits per heavy atom. The van der Waals surface area contributed by atoms with E-state index in [1.54, 1.807) is 6.07 Å². The van der Waals surface area contributed by atoms with Crippen molar-refractivity contribution in [2.24, 2.45) is 0 Å². The summed E-state index contributed by atoms with van der Waals surface area (Å²) in [5.41, 5.74) is 1.69. The first-order valence-corrected chi connectivity index (χ1v) is 5.95. The van der Waals surface area contributed by atoms with Crippen molar-refractivity contribution in [2.75, 3.05) is 18.0 Å². The third-order valence-corrected chi connectivity index (χ3v) is 3.16. The maximum Gasteiger partial charge on any atom is 0.123 e. The smallest absolute Gasteiger partial charge is 0.123 e. The van der Waals surface area contributed by atoms with Gasteiger partial charge in [0.2, 0.25) is 0 Å². The molecule has 0 radical (unpaired) electrons. The number of nitrogens with zero attached hydrogens (tertiary/aromatic N) is 1. The highest BCUT2D eigenvalue weighted by atomic mass is 19.1. The fourth-order valence-electron chi connectivity index (χ4n) is 2.30. The van der Waals surface area contributed by atoms with Crippen LogP contribution in [0.25, 0.3) is 0 Å². The van der Waals surface area contributed by atoms with Crippen LogP contribution >= 0.6 is 0 Å². The van der Waals surface area contributed by atoms with Crippen LogP contribution in [0.2, 0.25) is 0 Å². The van der Waals surface area contributed by atoms with E-state index >= 15 is 0 Å². The van der Waals surface area contributed by atoms with Crippen LogP contribution in [0.4, 0.5) is 10.1 Å². The monoisotopic (exact) mass is 223 g/mol. The third kappa shape index (κ3) is 2.53. The van der Waals surface area contributed by atoms with E-state index in [1.807, 2.05) is 0 Å². The molecule has 1 aliphatic rings. The molecule has 0 amide bonds. The van der Waals surface area contributed by atoms with E-state index in [0.29, 0.717) is 5.56 Å². The van der Waals surface area contributed by atoms with Crippen LogP contribution in [0.5, 0.6) is 0 Å². The van der Waals surface area contributed by atoms with E-state index in [-0.39, 0.29) is 12.4 Å². The van der Waals surface area contributed by atoms with Crippen LogP contribution in [0.3, 0.4) is 0 Å². The molecule has 1 N–H and O–H groups in total. The van der Waals surface area contributed by atoms with Gasteiger partial charge in [-0.2, -0.15) is 0 Å². The largest absolute Gasteiger partial charge is 0.392 e. The van der Waals surface area contributed by atoms with Crippen LogP contribution in [0.1, 0.15) is 31.2 Å². The van der Waals surface area contributed by atoms with Gasteiger partial charge in [-0.25, -0.2) is 4.39 Å². The molecule has 2 rings (SSSR count). The highest BCUT2D eigenvalue weighted by Gasteiger charge is 2.13. The van der Waals surface area contributed by atoms with E-state index in [4.69, 9.17) is 0 Å². The normalized spacial score (nSPS) is 17.2. The zero-order valence-electron chi connectivity index (χ0n) is 9.45. The number of aliphatic hydroxyl groups is 1. The van der Waals surface area contributed by atoms with Gasteiger partial charge in [-0.05, 0) is 31.0 Å². The second kappa shape index (κ2) is 5.30. The van der Waals surface area contributed by atoms with Gasteiger partial charge < -0.3 is 10.0 Å². The summed E-state index contributed by atoms with van der Waals surface area (Å²) in [5, 5.41) is 9.25. The molecule has 1 saturated heterocycles. The van der Waals surface area contributed by atoms with Gasteiger partial charge >= 0.3 is 0 Å². The third-order valence-electron chi connectivity index (χ3n) is 3.16. The van der Waals surface area contributed by atoms with Gasteiger partial charge in [-0.15, -0.1) is 0 Å². The highest BCUT2D eigenvalue weighted by Crippen LogP contribution is 2.24. The molecule has 88 valence electrons. The van der Waals surface area contributed by atoms with Crippen molar-refractivity contribution in [1.82, 2.24) is 0 Å². The Hall–Kier alpha value is -1.09. The summed E-state index contributed by atoms with van der Waals surface area (Å²) in [6.07, 6.45) is 4.91. The molecule has 1 fully saturated rings. The van der Waals surface area contributed by atoms with Gasteiger partial charge in [0.25, 0.3) is 0 Å². The fourth-order valence-corrected chi connectivity index (χ4v) is 2.30. The summed E-state index contributed by atoms with van der Waals surface area (Å²) in [6.45, 7) is 1.93. The topological polar surface area (TPSA) is 23.5 Å². The molecule has 1 aromatic carbocycles. The van der Waals surface area contributed by atoms with Crippen LogP contribution in [-0.4, -0.2) is 18.2 Å². The van der Waals surface area contributed by atoms with Gasteiger partial charge in [-0.3, -0.25) is 0 Å². The number of aliphatic hydroxyl groups excluding tert-OH is 1. The average molecular weight is 223 g/mol. The number of halogens is 1. The van der Waals surface area contributed by atoms with Crippen LogP contribution in [0, 0.1) is 5.82 Å². The lowest BCUT2D eigenvalue weighted by molar-refractivity contribution is 0.281. The molecule has 1 aromatic rings. The van der Waals surface area contributed by atoms with Crippen molar-refractivity contribution in [3.63, 3.8) is 0 Å². The summed E-state index contributed by atoms with van der Waals surface area (Å²) < 4.78 is 13.1. The summed E-state index contributed by atoms with van der Waals surface area (Å²) in [6, 6.07) is 4.69. The molecule has 0 spiro atoms. The Balaban J connectivity index is 2.23. The second-order valence-corrected chi connectivity index (χ2v) is 4.33. The molecule has 2 nitrogen and oxygen atoms in total. The standard InChI is InChI=1S/C13H18FNO/c14-12-5-6-13(11(9-12)10-16)15-7-3-1-2-4-8-15/h5-6,9,16H,1-4,7-8,10H2. The highest BCUT2D eigenvalue weighted by molar-refractivity contribution is 5.53. The summed E-state index contributed by atoms with van der Waals surface area (Å²) in [5.74, 6) is -0.275. The first kappa shape index (κ1) is 11.4. The minimum absolute atomic E-state index is 0.0937. The molecule has 16 heavy (non-hydrogen) atoms. The van der Waals surface area contributed by atoms with Gasteiger partial charge in [0.15, 0.2) is 0 Å². The maximum atomic E-state index is 13.1. The van der Waals surface area contributed by atoms with E-state index in [9.17, 15) is 9.50 Å². The molecule has 0 atom stereocenters. The lowest BCUT2D eigenvalue weighted by atomic mass is 10.1. The quantitative estimate of drug-likeness (QED) is 0.833. The molecular weight excluding hydrogens is 205 g/mol. The van der Waals surface area contributed by atoms with E-state index in [1.165, 1.54) is 37.8 Å². The van der Waals surface area contributed by atoms with Crippen molar-refractivity contribution in [2.45, 2.75) is 32.3 Å². The Morgan fingerprint density at radius 2 is 1.81 bits per heavy atom. The Kier molecular flexibility index (Phi) is 3.78. The zero-order chi connectivity index (χ0) is 11.4. The first-order chi connectivity index (χ1) is 7.81. The van der Waals surface area contributed by atoms with Gasteiger partial charge in [0, 0.05) is 24.3 Å². The first-order valence-electron chi connectivity index (χ1n) is 5.95. The van der Waals surface area contributed by atoms with Crippen molar-refractivity contribution in [3.8, 4) is 0 Å². The number of hydrogen-bond acceptors (Lipinski definition) is 2. The minimum Gasteiger partial charge on any atom is -0.392 e. The predicted molar refractivity (Wildman–Crippen MR) is 63.0 cm³/mol. The van der Waals surface area contributed by atoms with Crippen LogP contribution < -0.4 is 4.90 Å². The lowest BCUT2D eigenvalue weighted by Gasteiger charge is -2.25. The molecule has 0 saturated carbocycles. The van der Waals surface area contributed by atoms with Crippen LogP contribution in [0.15, 0.2) is 18.2 Å². The minimum atomic E-state index is -0.275. The molecule has 0 bridgehead atoms. The summed E-state index contributed by atoms with van der Waals surface area (Å²) in [7, 11) is 0. The number of hydrogen-bond donors (Lipinski definition) is 1. The number of rotatable bonds is 2. The van der Waals surface area contributed by atoms with Crippen molar-refractivity contribution >= 4 is 5.69 Å². The molecular formula is C13H18FNO. The van der Waals surface area contributed by atoms with E-state index in [2.05, 4.69) is 4.90 Å². The fraction of sp³-hybridized carbons (Fsp3) is 0.538. The molecule has 3 heteroatoms. The summed E-state index contributed by atoms with van der Waals surface area (Å²) >= 11 is 0. The zero-order valence-corrected chi connectivity index (χ0v) is 9.45. The van der Waals surface area contributed by atoms with Gasteiger partial charge in [0.05, 0.1) is 6.61 Å². The molecule has 1 aliphatic heterocycles. The molecule has 1 heterocycles. The van der Waals surface area contributed by atoms with Crippen LogP contribution in [-0.2, 0) is 6.61 Å². The predicted octanol–water partition coefficient (Wildman–Crippen LogP) is 2.70. The Morgan fingerprint density at radius 3 is 2.44 bits per heavy atom. The van der Waals surface area contributed by atoms with Gasteiger partial charge in [-0.1, -0.05) is 12.8 Å². The maximum absolute atomic E-state index is 13.1. The van der Waals surface area contributed by atoms with E-state index < -0.39 is 0 Å². The lowest BCUT2D eigenvalue weighted by Crippen LogP contribution is -2.25. The SMILES string of the molecule is OCc1cc(F)ccc1N1CCCCCC1. The van der Waals surface area contributed by atoms with Crippen molar-refractivity contribution < 1.29 is 9.50 Å². The average Bonchev–Trinajstić information content (AvgIpc) is 2.57. The van der Waals surface area contributed by atoms with Gasteiger partial charge in [0.1, 0.15) is 5.82 Å². The Labute approximate surface area is 95.7 Å².